The van der Waals surface area contributed by atoms with Gasteiger partial charge in [-0.3, -0.25) is 24.3 Å². The molecule has 3 amide bonds. The molecule has 3 fully saturated rings. The van der Waals surface area contributed by atoms with E-state index >= 15 is 0 Å². The minimum Gasteiger partial charge on any atom is -0.378 e. The number of rotatable bonds is 6. The van der Waals surface area contributed by atoms with Gasteiger partial charge in [-0.25, -0.2) is 0 Å². The van der Waals surface area contributed by atoms with E-state index in [1.165, 1.54) is 16.7 Å². The molecule has 0 aromatic carbocycles. The van der Waals surface area contributed by atoms with Gasteiger partial charge in [-0.1, -0.05) is 44.9 Å². The third-order valence-electron chi connectivity index (χ3n) is 6.34. The van der Waals surface area contributed by atoms with Crippen LogP contribution in [0.5, 0.6) is 0 Å². The molecule has 4 rings (SSSR count). The number of hydrogen-bond acceptors (Lipinski definition) is 8. The number of piperazine rings is 1. The van der Waals surface area contributed by atoms with Gasteiger partial charge >= 0.3 is 0 Å². The van der Waals surface area contributed by atoms with Crippen molar-refractivity contribution in [3.63, 3.8) is 0 Å². The van der Waals surface area contributed by atoms with Gasteiger partial charge in [-0.15, -0.1) is 10.2 Å². The number of aromatic nitrogens is 3. The van der Waals surface area contributed by atoms with Crippen LogP contribution in [-0.4, -0.2) is 81.5 Å². The van der Waals surface area contributed by atoms with Crippen LogP contribution in [0.3, 0.4) is 0 Å². The largest absolute Gasteiger partial charge is 0.378 e. The molecule has 1 aromatic heterocycles. The fourth-order valence-corrected chi connectivity index (χ4v) is 5.59. The van der Waals surface area contributed by atoms with Crippen molar-refractivity contribution in [3.8, 4) is 0 Å². The minimum absolute atomic E-state index is 0.0666. The molecule has 3 heterocycles. The zero-order chi connectivity index (χ0) is 22.7. The molecule has 0 radical (unpaired) electrons. The number of morpholine rings is 1. The number of imide groups is 1. The van der Waals surface area contributed by atoms with E-state index in [2.05, 4.69) is 38.8 Å². The SMILES string of the molecule is CC(C)Cn1c(SCC(=O)N2CC(=O)NC(=O)C23CCCCC3)nnc1N1CCOCC1. The molecular weight excluding hydrogens is 432 g/mol. The van der Waals surface area contributed by atoms with Crippen LogP contribution < -0.4 is 10.2 Å². The Morgan fingerprint density at radius 1 is 1.16 bits per heavy atom. The highest BCUT2D eigenvalue weighted by Crippen LogP contribution is 2.36. The Hall–Kier alpha value is -2.14. The molecule has 1 aliphatic carbocycles. The summed E-state index contributed by atoms with van der Waals surface area (Å²) in [6.45, 7) is 7.76. The van der Waals surface area contributed by atoms with E-state index in [0.717, 1.165) is 44.8 Å². The van der Waals surface area contributed by atoms with Crippen LogP contribution >= 0.6 is 11.8 Å². The molecule has 32 heavy (non-hydrogen) atoms. The van der Waals surface area contributed by atoms with Crippen LogP contribution in [0.15, 0.2) is 5.16 Å². The Kier molecular flexibility index (Phi) is 7.04. The first kappa shape index (κ1) is 23.0. The molecule has 1 spiro atoms. The van der Waals surface area contributed by atoms with Gasteiger partial charge in [0, 0.05) is 19.6 Å². The van der Waals surface area contributed by atoms with E-state index in [0.29, 0.717) is 37.1 Å². The Bertz CT molecular complexity index is 860. The summed E-state index contributed by atoms with van der Waals surface area (Å²) in [6.07, 6.45) is 4.01. The average Bonchev–Trinajstić information content (AvgIpc) is 3.17. The number of nitrogens with zero attached hydrogens (tertiary/aromatic N) is 5. The van der Waals surface area contributed by atoms with E-state index in [1.807, 2.05) is 0 Å². The predicted octanol–water partition coefficient (Wildman–Crippen LogP) is 1.05. The molecule has 3 aliphatic rings. The molecular formula is C21H32N6O4S. The molecule has 2 aliphatic heterocycles. The second-order valence-corrected chi connectivity index (χ2v) is 10.1. The number of carbonyl (C=O) groups is 3. The van der Waals surface area contributed by atoms with Gasteiger partial charge in [0.15, 0.2) is 5.16 Å². The standard InChI is InChI=1S/C21H32N6O4S/c1-15(2)12-26-19(25-8-10-31-11-9-25)23-24-20(26)32-14-17(29)27-13-16(28)22-18(30)21(27)6-4-3-5-7-21/h15H,3-14H2,1-2H3,(H,22,28,30). The number of nitrogens with one attached hydrogen (secondary N) is 1. The molecule has 1 saturated carbocycles. The normalized spacial score (nSPS) is 21.3. The summed E-state index contributed by atoms with van der Waals surface area (Å²) < 4.78 is 7.52. The molecule has 10 nitrogen and oxygen atoms in total. The zero-order valence-corrected chi connectivity index (χ0v) is 19.7. The van der Waals surface area contributed by atoms with Crippen LogP contribution in [0.2, 0.25) is 0 Å². The van der Waals surface area contributed by atoms with Crippen LogP contribution in [0.4, 0.5) is 5.95 Å². The summed E-state index contributed by atoms with van der Waals surface area (Å²) in [4.78, 5) is 41.8. The molecule has 0 unspecified atom stereocenters. The Morgan fingerprint density at radius 2 is 1.88 bits per heavy atom. The lowest BCUT2D eigenvalue weighted by Crippen LogP contribution is -2.69. The third-order valence-corrected chi connectivity index (χ3v) is 7.29. The smallest absolute Gasteiger partial charge is 0.252 e. The van der Waals surface area contributed by atoms with Crippen molar-refractivity contribution in [3.05, 3.63) is 0 Å². The van der Waals surface area contributed by atoms with Crippen LogP contribution in [0.25, 0.3) is 0 Å². The van der Waals surface area contributed by atoms with Crippen molar-refractivity contribution >= 4 is 35.4 Å². The van der Waals surface area contributed by atoms with Crippen LogP contribution in [0.1, 0.15) is 46.0 Å². The zero-order valence-electron chi connectivity index (χ0n) is 18.8. The lowest BCUT2D eigenvalue weighted by Gasteiger charge is -2.47. The minimum atomic E-state index is -0.894. The predicted molar refractivity (Wildman–Crippen MR) is 119 cm³/mol. The van der Waals surface area contributed by atoms with Gasteiger partial charge in [-0.2, -0.15) is 0 Å². The van der Waals surface area contributed by atoms with Gasteiger partial charge in [0.05, 0.1) is 19.0 Å². The lowest BCUT2D eigenvalue weighted by molar-refractivity contribution is -0.158. The highest BCUT2D eigenvalue weighted by molar-refractivity contribution is 7.99. The van der Waals surface area contributed by atoms with Gasteiger partial charge in [0.1, 0.15) is 12.1 Å². The van der Waals surface area contributed by atoms with Crippen molar-refractivity contribution in [1.29, 1.82) is 0 Å². The van der Waals surface area contributed by atoms with Gasteiger partial charge < -0.3 is 14.5 Å². The second-order valence-electron chi connectivity index (χ2n) is 9.12. The number of hydrogen-bond donors (Lipinski definition) is 1. The third kappa shape index (κ3) is 4.63. The maximum atomic E-state index is 13.3. The Labute approximate surface area is 192 Å². The highest BCUT2D eigenvalue weighted by Gasteiger charge is 2.50. The maximum Gasteiger partial charge on any atom is 0.252 e. The number of ether oxygens (including phenoxy) is 1. The molecule has 11 heteroatoms. The number of thioether (sulfide) groups is 1. The molecule has 0 atom stereocenters. The topological polar surface area (TPSA) is 110 Å². The van der Waals surface area contributed by atoms with E-state index in [9.17, 15) is 14.4 Å². The summed E-state index contributed by atoms with van der Waals surface area (Å²) in [5, 5.41) is 11.9. The molecule has 176 valence electrons. The number of anilines is 1. The van der Waals surface area contributed by atoms with E-state index in [1.54, 1.807) is 0 Å². The fourth-order valence-electron chi connectivity index (χ4n) is 4.77. The second kappa shape index (κ2) is 9.78. The number of amides is 3. The van der Waals surface area contributed by atoms with Gasteiger partial charge in [0.25, 0.3) is 5.91 Å². The van der Waals surface area contributed by atoms with Crippen LogP contribution in [0, 0.1) is 5.92 Å². The quantitative estimate of drug-likeness (QED) is 0.492. The van der Waals surface area contributed by atoms with Crippen molar-refractivity contribution < 1.29 is 19.1 Å². The van der Waals surface area contributed by atoms with E-state index in [4.69, 9.17) is 4.74 Å². The first-order valence-electron chi connectivity index (χ1n) is 11.4. The van der Waals surface area contributed by atoms with Crippen molar-refractivity contribution in [1.82, 2.24) is 25.0 Å². The summed E-state index contributed by atoms with van der Waals surface area (Å²) in [5.41, 5.74) is -0.894. The van der Waals surface area contributed by atoms with E-state index in [-0.39, 0.29) is 24.1 Å². The summed E-state index contributed by atoms with van der Waals surface area (Å²) in [7, 11) is 0. The summed E-state index contributed by atoms with van der Waals surface area (Å²) >= 11 is 1.32. The maximum absolute atomic E-state index is 13.3. The van der Waals surface area contributed by atoms with Crippen LogP contribution in [-0.2, 0) is 25.7 Å². The first-order valence-corrected chi connectivity index (χ1v) is 12.4. The fraction of sp³-hybridized carbons (Fsp3) is 0.762. The van der Waals surface area contributed by atoms with Gasteiger partial charge in [-0.05, 0) is 18.8 Å². The summed E-state index contributed by atoms with van der Waals surface area (Å²) in [6, 6.07) is 0. The van der Waals surface area contributed by atoms with Gasteiger partial charge in [0.2, 0.25) is 17.8 Å². The first-order chi connectivity index (χ1) is 15.4. The Morgan fingerprint density at radius 3 is 2.56 bits per heavy atom. The molecule has 1 aromatic rings. The van der Waals surface area contributed by atoms with E-state index < -0.39 is 11.4 Å². The highest BCUT2D eigenvalue weighted by atomic mass is 32.2. The molecule has 1 N–H and O–H groups in total. The molecule has 2 saturated heterocycles. The monoisotopic (exact) mass is 464 g/mol. The summed E-state index contributed by atoms with van der Waals surface area (Å²) in [5.74, 6) is 0.350. The Balaban J connectivity index is 1.50. The molecule has 0 bridgehead atoms. The lowest BCUT2D eigenvalue weighted by atomic mass is 9.78. The number of carbonyl (C=O) groups excluding carboxylic acids is 3. The average molecular weight is 465 g/mol. The van der Waals surface area contributed by atoms with Crippen molar-refractivity contribution in [2.45, 2.75) is 63.2 Å². The van der Waals surface area contributed by atoms with Crippen molar-refractivity contribution in [2.75, 3.05) is 43.5 Å². The van der Waals surface area contributed by atoms with Crippen molar-refractivity contribution in [2.24, 2.45) is 5.92 Å².